The summed E-state index contributed by atoms with van der Waals surface area (Å²) in [6.07, 6.45) is 5.02. The summed E-state index contributed by atoms with van der Waals surface area (Å²) in [6, 6.07) is -0.592. The van der Waals surface area contributed by atoms with Gasteiger partial charge in [0.2, 0.25) is 11.8 Å². The Bertz CT molecular complexity index is 477. The molecule has 1 N–H and O–H groups in total. The van der Waals surface area contributed by atoms with Crippen molar-refractivity contribution in [2.45, 2.75) is 51.1 Å². The van der Waals surface area contributed by atoms with Crippen LogP contribution in [0.5, 0.6) is 0 Å². The SMILES string of the molecule is C=CCC(CC=C)(NC(C)=O)C(=O)N1CCC[C@H]1C(=O)OCC. The first-order chi connectivity index (χ1) is 10.9. The zero-order valence-corrected chi connectivity index (χ0v) is 14.0. The van der Waals surface area contributed by atoms with Gasteiger partial charge in [0, 0.05) is 13.5 Å². The molecule has 1 rings (SSSR count). The second-order valence-corrected chi connectivity index (χ2v) is 5.66. The number of hydrogen-bond donors (Lipinski definition) is 1. The molecule has 0 aromatic rings. The van der Waals surface area contributed by atoms with Crippen LogP contribution in [0.15, 0.2) is 25.3 Å². The van der Waals surface area contributed by atoms with Gasteiger partial charge in [0.25, 0.3) is 0 Å². The Balaban J connectivity index is 3.10. The predicted octanol–water partition coefficient (Wildman–Crippen LogP) is 1.57. The summed E-state index contributed by atoms with van der Waals surface area (Å²) in [4.78, 5) is 38.3. The number of nitrogens with one attached hydrogen (secondary N) is 1. The third-order valence-electron chi connectivity index (χ3n) is 3.88. The fourth-order valence-corrected chi connectivity index (χ4v) is 3.01. The van der Waals surface area contributed by atoms with E-state index in [1.54, 1.807) is 19.1 Å². The number of likely N-dealkylation sites (tertiary alicyclic amines) is 1. The Hall–Kier alpha value is -2.11. The average molecular weight is 322 g/mol. The van der Waals surface area contributed by atoms with Crippen molar-refractivity contribution in [1.82, 2.24) is 10.2 Å². The minimum absolute atomic E-state index is 0.267. The summed E-state index contributed by atoms with van der Waals surface area (Å²) in [5.41, 5.74) is -1.15. The van der Waals surface area contributed by atoms with Crippen molar-refractivity contribution in [3.8, 4) is 0 Å². The van der Waals surface area contributed by atoms with Crippen molar-refractivity contribution >= 4 is 17.8 Å². The number of hydrogen-bond acceptors (Lipinski definition) is 4. The zero-order valence-electron chi connectivity index (χ0n) is 14.0. The van der Waals surface area contributed by atoms with Gasteiger partial charge < -0.3 is 15.0 Å². The number of nitrogens with zero attached hydrogens (tertiary/aromatic N) is 1. The molecule has 1 saturated heterocycles. The lowest BCUT2D eigenvalue weighted by molar-refractivity contribution is -0.155. The van der Waals surface area contributed by atoms with Crippen LogP contribution in [0.25, 0.3) is 0 Å². The molecule has 0 spiro atoms. The van der Waals surface area contributed by atoms with Crippen molar-refractivity contribution in [3.63, 3.8) is 0 Å². The van der Waals surface area contributed by atoms with E-state index in [1.807, 2.05) is 0 Å². The Morgan fingerprint density at radius 3 is 2.39 bits per heavy atom. The van der Waals surface area contributed by atoms with Crippen molar-refractivity contribution in [3.05, 3.63) is 25.3 Å². The van der Waals surface area contributed by atoms with Crippen molar-refractivity contribution < 1.29 is 19.1 Å². The van der Waals surface area contributed by atoms with E-state index in [0.717, 1.165) is 6.42 Å². The molecule has 0 unspecified atom stereocenters. The highest BCUT2D eigenvalue weighted by molar-refractivity contribution is 5.94. The van der Waals surface area contributed by atoms with Gasteiger partial charge in [0.05, 0.1) is 6.61 Å². The maximum Gasteiger partial charge on any atom is 0.328 e. The van der Waals surface area contributed by atoms with Gasteiger partial charge in [-0.2, -0.15) is 0 Å². The number of esters is 1. The van der Waals surface area contributed by atoms with Crippen LogP contribution in [0.2, 0.25) is 0 Å². The van der Waals surface area contributed by atoms with E-state index in [2.05, 4.69) is 18.5 Å². The quantitative estimate of drug-likeness (QED) is 0.544. The van der Waals surface area contributed by atoms with E-state index in [-0.39, 0.29) is 31.3 Å². The Morgan fingerprint density at radius 2 is 1.91 bits per heavy atom. The molecule has 1 atom stereocenters. The summed E-state index contributed by atoms with van der Waals surface area (Å²) >= 11 is 0. The van der Waals surface area contributed by atoms with Gasteiger partial charge in [-0.1, -0.05) is 12.2 Å². The van der Waals surface area contributed by atoms with Gasteiger partial charge in [-0.05, 0) is 32.6 Å². The average Bonchev–Trinajstić information content (AvgIpc) is 2.95. The predicted molar refractivity (Wildman–Crippen MR) is 87.5 cm³/mol. The molecule has 23 heavy (non-hydrogen) atoms. The third-order valence-corrected chi connectivity index (χ3v) is 3.88. The maximum atomic E-state index is 13.1. The molecular formula is C17H26N2O4. The molecule has 1 heterocycles. The first-order valence-electron chi connectivity index (χ1n) is 7.90. The largest absolute Gasteiger partial charge is 0.464 e. The van der Waals surface area contributed by atoms with Crippen LogP contribution < -0.4 is 5.32 Å². The van der Waals surface area contributed by atoms with Crippen molar-refractivity contribution in [2.24, 2.45) is 0 Å². The number of carbonyl (C=O) groups excluding carboxylic acids is 3. The second kappa shape index (κ2) is 8.50. The van der Waals surface area contributed by atoms with Crippen molar-refractivity contribution in [1.29, 1.82) is 0 Å². The molecule has 0 radical (unpaired) electrons. The Kier molecular flexibility index (Phi) is 7.00. The molecule has 1 aliphatic heterocycles. The monoisotopic (exact) mass is 322 g/mol. The number of rotatable bonds is 8. The van der Waals surface area contributed by atoms with E-state index >= 15 is 0 Å². The third kappa shape index (κ3) is 4.43. The summed E-state index contributed by atoms with van der Waals surface area (Å²) in [7, 11) is 0. The summed E-state index contributed by atoms with van der Waals surface area (Å²) < 4.78 is 5.06. The van der Waals surface area contributed by atoms with Crippen LogP contribution in [-0.2, 0) is 19.1 Å². The highest BCUT2D eigenvalue weighted by Crippen LogP contribution is 2.27. The Labute approximate surface area is 137 Å². The van der Waals surface area contributed by atoms with Gasteiger partial charge >= 0.3 is 5.97 Å². The van der Waals surface area contributed by atoms with E-state index < -0.39 is 17.6 Å². The minimum Gasteiger partial charge on any atom is -0.464 e. The summed E-state index contributed by atoms with van der Waals surface area (Å²) in [5.74, 6) is -0.996. The number of amides is 2. The molecule has 1 fully saturated rings. The van der Waals surface area contributed by atoms with Gasteiger partial charge in [-0.25, -0.2) is 4.79 Å². The zero-order chi connectivity index (χ0) is 17.5. The van der Waals surface area contributed by atoms with Crippen LogP contribution in [0.1, 0.15) is 39.5 Å². The first kappa shape index (κ1) is 18.9. The number of ether oxygens (including phenoxy) is 1. The van der Waals surface area contributed by atoms with Gasteiger partial charge in [-0.15, -0.1) is 13.2 Å². The lowest BCUT2D eigenvalue weighted by Crippen LogP contribution is -2.60. The van der Waals surface area contributed by atoms with Gasteiger partial charge in [0.15, 0.2) is 0 Å². The maximum absolute atomic E-state index is 13.1. The summed E-state index contributed by atoms with van der Waals surface area (Å²) in [5, 5.41) is 2.74. The molecular weight excluding hydrogens is 296 g/mol. The van der Waals surface area contributed by atoms with Crippen molar-refractivity contribution in [2.75, 3.05) is 13.2 Å². The fourth-order valence-electron chi connectivity index (χ4n) is 3.01. The molecule has 0 aliphatic carbocycles. The molecule has 1 aliphatic rings. The molecule has 0 saturated carbocycles. The smallest absolute Gasteiger partial charge is 0.328 e. The lowest BCUT2D eigenvalue weighted by atomic mass is 9.88. The second-order valence-electron chi connectivity index (χ2n) is 5.66. The molecule has 0 bridgehead atoms. The van der Waals surface area contributed by atoms with E-state index in [4.69, 9.17) is 4.74 Å². The van der Waals surface area contributed by atoms with Crippen LogP contribution in [0.4, 0.5) is 0 Å². The lowest BCUT2D eigenvalue weighted by Gasteiger charge is -2.36. The van der Waals surface area contributed by atoms with Gasteiger partial charge in [-0.3, -0.25) is 9.59 Å². The minimum atomic E-state index is -1.15. The van der Waals surface area contributed by atoms with Gasteiger partial charge in [0.1, 0.15) is 11.6 Å². The molecule has 0 aromatic carbocycles. The molecule has 6 nitrogen and oxygen atoms in total. The summed E-state index contributed by atoms with van der Waals surface area (Å²) in [6.45, 7) is 11.2. The van der Waals surface area contributed by atoms with E-state index in [1.165, 1.54) is 11.8 Å². The standard InChI is InChI=1S/C17H26N2O4/c1-5-10-17(11-6-2,18-13(4)20)16(22)19-12-8-9-14(19)15(21)23-7-3/h5-6,14H,1-2,7-12H2,3-4H3,(H,18,20)/t14-/m0/s1. The Morgan fingerprint density at radius 1 is 1.30 bits per heavy atom. The molecule has 128 valence electrons. The van der Waals surface area contributed by atoms with Crippen LogP contribution in [-0.4, -0.2) is 47.4 Å². The fraction of sp³-hybridized carbons (Fsp3) is 0.588. The topological polar surface area (TPSA) is 75.7 Å². The van der Waals surface area contributed by atoms with Crippen LogP contribution >= 0.6 is 0 Å². The van der Waals surface area contributed by atoms with E-state index in [9.17, 15) is 14.4 Å². The van der Waals surface area contributed by atoms with Crippen LogP contribution in [0, 0.1) is 0 Å². The highest BCUT2D eigenvalue weighted by atomic mass is 16.5. The normalized spacial score (nSPS) is 17.5. The molecule has 2 amide bonds. The molecule has 6 heteroatoms. The first-order valence-corrected chi connectivity index (χ1v) is 7.90. The molecule has 0 aromatic heterocycles. The van der Waals surface area contributed by atoms with E-state index in [0.29, 0.717) is 13.0 Å². The highest BCUT2D eigenvalue weighted by Gasteiger charge is 2.45. The number of carbonyl (C=O) groups is 3. The van der Waals surface area contributed by atoms with Crippen LogP contribution in [0.3, 0.4) is 0 Å².